The van der Waals surface area contributed by atoms with Gasteiger partial charge in [0.15, 0.2) is 0 Å². The Morgan fingerprint density at radius 3 is 2.59 bits per heavy atom. The molecular formula is C17H17NO3S. The third-order valence-electron chi connectivity index (χ3n) is 4.01. The van der Waals surface area contributed by atoms with Gasteiger partial charge in [0.1, 0.15) is 0 Å². The number of hydrogen-bond acceptors (Lipinski definition) is 3. The zero-order chi connectivity index (χ0) is 15.7. The number of carbonyl (C=O) groups is 2. The molecule has 1 aromatic heterocycles. The van der Waals surface area contributed by atoms with Gasteiger partial charge in [0, 0.05) is 10.6 Å². The number of hydrogen-bond donors (Lipinski definition) is 2. The summed E-state index contributed by atoms with van der Waals surface area (Å²) in [6.07, 6.45) is 3.34. The van der Waals surface area contributed by atoms with Crippen LogP contribution in [0.4, 0.5) is 5.69 Å². The monoisotopic (exact) mass is 315 g/mol. The molecule has 4 nitrogen and oxygen atoms in total. The zero-order valence-electron chi connectivity index (χ0n) is 12.3. The molecule has 1 amide bonds. The Labute approximate surface area is 132 Å². The number of carbonyl (C=O) groups excluding carboxylic acids is 1. The third-order valence-corrected chi connectivity index (χ3v) is 5.25. The van der Waals surface area contributed by atoms with Gasteiger partial charge >= 0.3 is 5.97 Å². The maximum atomic E-state index is 12.3. The van der Waals surface area contributed by atoms with Gasteiger partial charge in [0.2, 0.25) is 0 Å². The summed E-state index contributed by atoms with van der Waals surface area (Å²) in [7, 11) is 0. The number of carboxylic acid groups (broad SMARTS) is 1. The molecule has 2 N–H and O–H groups in total. The highest BCUT2D eigenvalue weighted by Gasteiger charge is 2.19. The Morgan fingerprint density at radius 1 is 1.23 bits per heavy atom. The van der Waals surface area contributed by atoms with Crippen molar-refractivity contribution in [1.29, 1.82) is 0 Å². The molecule has 114 valence electrons. The average molecular weight is 315 g/mol. The summed E-state index contributed by atoms with van der Waals surface area (Å²) in [6, 6.07) is 8.96. The van der Waals surface area contributed by atoms with Gasteiger partial charge in [-0.25, -0.2) is 0 Å². The van der Waals surface area contributed by atoms with Gasteiger partial charge in [0.05, 0.1) is 10.8 Å². The number of aryl methyl sites for hydroxylation is 2. The minimum absolute atomic E-state index is 0.0987. The van der Waals surface area contributed by atoms with Crippen LogP contribution in [-0.4, -0.2) is 17.0 Å². The molecule has 1 aromatic carbocycles. The molecule has 0 saturated heterocycles. The van der Waals surface area contributed by atoms with Crippen molar-refractivity contribution in [3.05, 3.63) is 51.2 Å². The summed E-state index contributed by atoms with van der Waals surface area (Å²) >= 11 is 1.57. The normalized spacial score (nSPS) is 14.4. The van der Waals surface area contributed by atoms with E-state index in [9.17, 15) is 9.59 Å². The summed E-state index contributed by atoms with van der Waals surface area (Å²) in [5.74, 6) is -1.51. The second-order valence-electron chi connectivity index (χ2n) is 5.55. The first-order valence-electron chi connectivity index (χ1n) is 7.30. The first-order valence-corrected chi connectivity index (χ1v) is 8.12. The number of carboxylic acids is 1. The van der Waals surface area contributed by atoms with Crippen LogP contribution >= 0.6 is 11.3 Å². The van der Waals surface area contributed by atoms with Gasteiger partial charge in [-0.2, -0.15) is 0 Å². The molecule has 0 bridgehead atoms. The molecule has 3 rings (SSSR count). The average Bonchev–Trinajstić information content (AvgIpc) is 3.08. The smallest absolute Gasteiger partial charge is 0.310 e. The van der Waals surface area contributed by atoms with Crippen LogP contribution in [0, 0.1) is 0 Å². The maximum absolute atomic E-state index is 12.3. The highest BCUT2D eigenvalue weighted by Crippen LogP contribution is 2.31. The second-order valence-corrected chi connectivity index (χ2v) is 6.69. The van der Waals surface area contributed by atoms with Crippen LogP contribution in [0.1, 0.15) is 44.9 Å². The Bertz CT molecular complexity index is 697. The molecule has 5 heteroatoms. The Morgan fingerprint density at radius 2 is 1.95 bits per heavy atom. The number of benzene rings is 1. The van der Waals surface area contributed by atoms with Crippen molar-refractivity contribution in [2.75, 3.05) is 5.32 Å². The molecule has 0 radical (unpaired) electrons. The van der Waals surface area contributed by atoms with Crippen LogP contribution in [0.3, 0.4) is 0 Å². The minimum Gasteiger partial charge on any atom is -0.481 e. The number of nitrogens with one attached hydrogen (secondary N) is 1. The maximum Gasteiger partial charge on any atom is 0.310 e. The Balaban J connectivity index is 1.69. The number of fused-ring (bicyclic) bond motifs is 1. The number of anilines is 1. The van der Waals surface area contributed by atoms with Crippen molar-refractivity contribution in [3.63, 3.8) is 0 Å². The quantitative estimate of drug-likeness (QED) is 0.904. The summed E-state index contributed by atoms with van der Waals surface area (Å²) < 4.78 is 0. The highest BCUT2D eigenvalue weighted by atomic mass is 32.1. The summed E-state index contributed by atoms with van der Waals surface area (Å²) in [5.41, 5.74) is 2.71. The van der Waals surface area contributed by atoms with E-state index in [1.807, 2.05) is 6.07 Å². The van der Waals surface area contributed by atoms with Gasteiger partial charge in [-0.15, -0.1) is 11.3 Å². The molecule has 1 aliphatic carbocycles. The molecule has 0 fully saturated rings. The molecule has 2 aromatic rings. The Kier molecular flexibility index (Phi) is 3.98. The van der Waals surface area contributed by atoms with Crippen LogP contribution < -0.4 is 5.32 Å². The van der Waals surface area contributed by atoms with E-state index in [0.717, 1.165) is 23.3 Å². The molecule has 1 atom stereocenters. The van der Waals surface area contributed by atoms with E-state index < -0.39 is 11.9 Å². The zero-order valence-corrected chi connectivity index (χ0v) is 13.1. The fourth-order valence-corrected chi connectivity index (χ4v) is 3.78. The largest absolute Gasteiger partial charge is 0.481 e. The first-order chi connectivity index (χ1) is 10.5. The van der Waals surface area contributed by atoms with E-state index in [2.05, 4.69) is 5.32 Å². The molecule has 1 aliphatic rings. The summed E-state index contributed by atoms with van der Waals surface area (Å²) in [6.45, 7) is 1.64. The van der Waals surface area contributed by atoms with E-state index in [-0.39, 0.29) is 5.91 Å². The third kappa shape index (κ3) is 2.90. The van der Waals surface area contributed by atoms with E-state index in [4.69, 9.17) is 5.11 Å². The molecule has 1 unspecified atom stereocenters. The number of amides is 1. The standard InChI is InChI=1S/C17H17NO3S/c1-10(17(20)21)11-5-7-13(8-6-11)18-16(19)15-9-12-3-2-4-14(12)22-15/h5-10H,2-4H2,1H3,(H,18,19)(H,20,21). The predicted molar refractivity (Wildman–Crippen MR) is 86.8 cm³/mol. The molecule has 0 spiro atoms. The van der Waals surface area contributed by atoms with Gasteiger partial charge in [-0.1, -0.05) is 12.1 Å². The molecule has 0 saturated carbocycles. The first kappa shape index (κ1) is 14.8. The fraction of sp³-hybridized carbons (Fsp3) is 0.294. The summed E-state index contributed by atoms with van der Waals surface area (Å²) in [5, 5.41) is 11.9. The van der Waals surface area contributed by atoms with Crippen molar-refractivity contribution < 1.29 is 14.7 Å². The Hall–Kier alpha value is -2.14. The van der Waals surface area contributed by atoms with Gasteiger partial charge in [-0.05, 0) is 55.5 Å². The van der Waals surface area contributed by atoms with Crippen LogP contribution in [-0.2, 0) is 17.6 Å². The van der Waals surface area contributed by atoms with Crippen molar-refractivity contribution in [2.45, 2.75) is 32.1 Å². The second kappa shape index (κ2) is 5.93. The van der Waals surface area contributed by atoms with Crippen molar-refractivity contribution in [1.82, 2.24) is 0 Å². The lowest BCUT2D eigenvalue weighted by atomic mass is 10.0. The lowest BCUT2D eigenvalue weighted by Gasteiger charge is -2.08. The fourth-order valence-electron chi connectivity index (χ4n) is 2.63. The molecular weight excluding hydrogens is 298 g/mol. The lowest BCUT2D eigenvalue weighted by molar-refractivity contribution is -0.138. The van der Waals surface area contributed by atoms with Crippen LogP contribution in [0.25, 0.3) is 0 Å². The van der Waals surface area contributed by atoms with Gasteiger partial charge in [-0.3, -0.25) is 9.59 Å². The van der Waals surface area contributed by atoms with Crippen molar-refractivity contribution >= 4 is 28.9 Å². The van der Waals surface area contributed by atoms with Gasteiger partial charge in [0.25, 0.3) is 5.91 Å². The van der Waals surface area contributed by atoms with E-state index in [1.165, 1.54) is 16.9 Å². The van der Waals surface area contributed by atoms with E-state index >= 15 is 0 Å². The SMILES string of the molecule is CC(C(=O)O)c1ccc(NC(=O)c2cc3c(s2)CCC3)cc1. The van der Waals surface area contributed by atoms with E-state index in [1.54, 1.807) is 42.5 Å². The molecule has 1 heterocycles. The predicted octanol–water partition coefficient (Wildman–Crippen LogP) is 3.68. The van der Waals surface area contributed by atoms with Crippen LogP contribution in [0.15, 0.2) is 30.3 Å². The van der Waals surface area contributed by atoms with Gasteiger partial charge < -0.3 is 10.4 Å². The van der Waals surface area contributed by atoms with Crippen LogP contribution in [0.5, 0.6) is 0 Å². The minimum atomic E-state index is -0.857. The molecule has 22 heavy (non-hydrogen) atoms. The summed E-state index contributed by atoms with van der Waals surface area (Å²) in [4.78, 5) is 25.3. The topological polar surface area (TPSA) is 66.4 Å². The van der Waals surface area contributed by atoms with E-state index in [0.29, 0.717) is 5.69 Å². The number of rotatable bonds is 4. The molecule has 0 aliphatic heterocycles. The lowest BCUT2D eigenvalue weighted by Crippen LogP contribution is -2.11. The highest BCUT2D eigenvalue weighted by molar-refractivity contribution is 7.14. The number of aliphatic carboxylic acids is 1. The van der Waals surface area contributed by atoms with Crippen molar-refractivity contribution in [3.8, 4) is 0 Å². The van der Waals surface area contributed by atoms with Crippen molar-refractivity contribution in [2.24, 2.45) is 0 Å². The number of thiophene rings is 1. The van der Waals surface area contributed by atoms with Crippen LogP contribution in [0.2, 0.25) is 0 Å².